The highest BCUT2D eigenvalue weighted by atomic mass is 19.1. The summed E-state index contributed by atoms with van der Waals surface area (Å²) in [7, 11) is 0. The molecule has 7 heteroatoms. The summed E-state index contributed by atoms with van der Waals surface area (Å²) in [6, 6.07) is 19.7. The molecule has 4 aromatic rings. The van der Waals surface area contributed by atoms with Crippen LogP contribution in [0.3, 0.4) is 0 Å². The molecule has 0 bridgehead atoms. The highest BCUT2D eigenvalue weighted by molar-refractivity contribution is 6.04. The van der Waals surface area contributed by atoms with E-state index in [9.17, 15) is 18.8 Å². The molecule has 170 valence electrons. The fraction of sp³-hybridized carbons (Fsp3) is 0.148. The van der Waals surface area contributed by atoms with E-state index in [0.717, 1.165) is 17.7 Å². The van der Waals surface area contributed by atoms with Gasteiger partial charge >= 0.3 is 5.97 Å². The number of esters is 1. The number of carbonyl (C=O) groups is 2. The van der Waals surface area contributed by atoms with Gasteiger partial charge in [-0.15, -0.1) is 0 Å². The van der Waals surface area contributed by atoms with Crippen molar-refractivity contribution in [3.8, 4) is 5.69 Å². The molecular formula is C27H21FN2O4. The van der Waals surface area contributed by atoms with Crippen LogP contribution in [0.1, 0.15) is 28.8 Å². The first-order valence-corrected chi connectivity index (χ1v) is 11.0. The number of halogens is 1. The Morgan fingerprint density at radius 3 is 2.38 bits per heavy atom. The molecule has 0 atom stereocenters. The first kappa shape index (κ1) is 21.6. The van der Waals surface area contributed by atoms with Crippen molar-refractivity contribution in [3.05, 3.63) is 106 Å². The molecule has 0 spiro atoms. The minimum atomic E-state index is -0.597. The number of rotatable bonds is 5. The summed E-state index contributed by atoms with van der Waals surface area (Å²) < 4.78 is 20.6. The minimum Gasteiger partial charge on any atom is -0.457 e. The van der Waals surface area contributed by atoms with E-state index in [1.54, 1.807) is 35.2 Å². The molecule has 1 aliphatic heterocycles. The van der Waals surface area contributed by atoms with Gasteiger partial charge in [-0.3, -0.25) is 14.2 Å². The number of amides is 1. The van der Waals surface area contributed by atoms with Gasteiger partial charge in [0.2, 0.25) is 5.91 Å². The summed E-state index contributed by atoms with van der Waals surface area (Å²) >= 11 is 0. The molecule has 0 saturated carbocycles. The number of benzene rings is 3. The first-order chi connectivity index (χ1) is 16.5. The standard InChI is InChI=1S/C27H21FN2O4/c28-19-5-3-6-21(15-19)30-16-24(22-7-1-2-8-23(22)26(30)32)27(33)34-17-18-10-12-20(13-11-18)29-14-4-9-25(29)31/h1-3,5-8,10-13,15-16H,4,9,14,17H2. The van der Waals surface area contributed by atoms with E-state index in [1.165, 1.54) is 29.0 Å². The van der Waals surface area contributed by atoms with E-state index < -0.39 is 11.8 Å². The fourth-order valence-electron chi connectivity index (χ4n) is 4.19. The maximum absolute atomic E-state index is 13.8. The third-order valence-electron chi connectivity index (χ3n) is 5.92. The number of hydrogen-bond acceptors (Lipinski definition) is 4. The Kier molecular flexibility index (Phi) is 5.67. The van der Waals surface area contributed by atoms with Crippen molar-refractivity contribution in [1.82, 2.24) is 4.57 Å². The quantitative estimate of drug-likeness (QED) is 0.411. The summed E-state index contributed by atoms with van der Waals surface area (Å²) in [5, 5.41) is 0.800. The molecule has 0 unspecified atom stereocenters. The molecule has 5 rings (SSSR count). The average Bonchev–Trinajstić information content (AvgIpc) is 3.29. The van der Waals surface area contributed by atoms with Gasteiger partial charge in [-0.2, -0.15) is 0 Å². The van der Waals surface area contributed by atoms with Gasteiger partial charge in [0.25, 0.3) is 5.56 Å². The van der Waals surface area contributed by atoms with Crippen molar-refractivity contribution < 1.29 is 18.7 Å². The number of anilines is 1. The molecule has 0 radical (unpaired) electrons. The maximum Gasteiger partial charge on any atom is 0.340 e. The van der Waals surface area contributed by atoms with Crippen LogP contribution in [0.25, 0.3) is 16.5 Å². The number of pyridine rings is 1. The van der Waals surface area contributed by atoms with Gasteiger partial charge in [0, 0.05) is 35.6 Å². The number of fused-ring (bicyclic) bond motifs is 1. The molecule has 1 aliphatic rings. The molecule has 6 nitrogen and oxygen atoms in total. The van der Waals surface area contributed by atoms with Crippen LogP contribution in [0.4, 0.5) is 10.1 Å². The largest absolute Gasteiger partial charge is 0.457 e. The third-order valence-corrected chi connectivity index (χ3v) is 5.92. The van der Waals surface area contributed by atoms with Crippen LogP contribution in [-0.4, -0.2) is 23.0 Å². The summed E-state index contributed by atoms with van der Waals surface area (Å²) in [5.41, 5.74) is 1.76. The Labute approximate surface area is 194 Å². The second kappa shape index (κ2) is 8.94. The van der Waals surface area contributed by atoms with E-state index in [4.69, 9.17) is 4.74 Å². The van der Waals surface area contributed by atoms with E-state index in [0.29, 0.717) is 29.4 Å². The second-order valence-corrected chi connectivity index (χ2v) is 8.13. The number of nitrogens with zero attached hydrogens (tertiary/aromatic N) is 2. The predicted octanol–water partition coefficient (Wildman–Crippen LogP) is 4.61. The van der Waals surface area contributed by atoms with Crippen LogP contribution >= 0.6 is 0 Å². The number of aromatic nitrogens is 1. The van der Waals surface area contributed by atoms with Crippen molar-refractivity contribution >= 4 is 28.3 Å². The second-order valence-electron chi connectivity index (χ2n) is 8.13. The number of ether oxygens (including phenoxy) is 1. The fourth-order valence-corrected chi connectivity index (χ4v) is 4.19. The molecule has 1 aromatic heterocycles. The lowest BCUT2D eigenvalue weighted by Crippen LogP contribution is -2.23. The molecular weight excluding hydrogens is 435 g/mol. The van der Waals surface area contributed by atoms with Crippen LogP contribution in [0.5, 0.6) is 0 Å². The van der Waals surface area contributed by atoms with Gasteiger partial charge in [0.15, 0.2) is 0 Å². The normalized spacial score (nSPS) is 13.4. The molecule has 1 saturated heterocycles. The van der Waals surface area contributed by atoms with Gasteiger partial charge in [-0.25, -0.2) is 9.18 Å². The van der Waals surface area contributed by atoms with Gasteiger partial charge in [-0.1, -0.05) is 36.4 Å². The predicted molar refractivity (Wildman–Crippen MR) is 127 cm³/mol. The summed E-state index contributed by atoms with van der Waals surface area (Å²) in [6.07, 6.45) is 2.80. The maximum atomic E-state index is 13.8. The molecule has 3 aromatic carbocycles. The first-order valence-electron chi connectivity index (χ1n) is 11.0. The zero-order chi connectivity index (χ0) is 23.7. The summed E-state index contributed by atoms with van der Waals surface area (Å²) in [5.74, 6) is -0.972. The number of carbonyl (C=O) groups excluding carboxylic acids is 2. The average molecular weight is 456 g/mol. The summed E-state index contributed by atoms with van der Waals surface area (Å²) in [4.78, 5) is 39.7. The highest BCUT2D eigenvalue weighted by Crippen LogP contribution is 2.23. The van der Waals surface area contributed by atoms with Gasteiger partial charge < -0.3 is 9.64 Å². The zero-order valence-electron chi connectivity index (χ0n) is 18.2. The molecule has 34 heavy (non-hydrogen) atoms. The van der Waals surface area contributed by atoms with Crippen molar-refractivity contribution in [2.45, 2.75) is 19.4 Å². The van der Waals surface area contributed by atoms with Gasteiger partial charge in [0.05, 0.1) is 11.3 Å². The number of hydrogen-bond donors (Lipinski definition) is 0. The molecule has 1 amide bonds. The van der Waals surface area contributed by atoms with Crippen molar-refractivity contribution in [1.29, 1.82) is 0 Å². The van der Waals surface area contributed by atoms with E-state index in [1.807, 2.05) is 24.3 Å². The molecule has 0 aliphatic carbocycles. The topological polar surface area (TPSA) is 68.6 Å². The highest BCUT2D eigenvalue weighted by Gasteiger charge is 2.21. The monoisotopic (exact) mass is 456 g/mol. The lowest BCUT2D eigenvalue weighted by Gasteiger charge is -2.16. The van der Waals surface area contributed by atoms with E-state index in [2.05, 4.69) is 0 Å². The van der Waals surface area contributed by atoms with E-state index in [-0.39, 0.29) is 23.6 Å². The Morgan fingerprint density at radius 2 is 1.68 bits per heavy atom. The third kappa shape index (κ3) is 4.08. The Bertz CT molecular complexity index is 1460. The van der Waals surface area contributed by atoms with Gasteiger partial charge in [0.1, 0.15) is 12.4 Å². The van der Waals surface area contributed by atoms with Gasteiger partial charge in [-0.05, 0) is 48.4 Å². The SMILES string of the molecule is O=C(OCc1ccc(N2CCCC2=O)cc1)c1cn(-c2cccc(F)c2)c(=O)c2ccccc12. The molecule has 2 heterocycles. The Morgan fingerprint density at radius 1 is 0.912 bits per heavy atom. The molecule has 1 fully saturated rings. The Balaban J connectivity index is 1.42. The Hall–Kier alpha value is -4.26. The van der Waals surface area contributed by atoms with Crippen LogP contribution in [0, 0.1) is 5.82 Å². The van der Waals surface area contributed by atoms with Crippen LogP contribution in [0.15, 0.2) is 83.8 Å². The van der Waals surface area contributed by atoms with Crippen molar-refractivity contribution in [3.63, 3.8) is 0 Å². The lowest BCUT2D eigenvalue weighted by atomic mass is 10.1. The van der Waals surface area contributed by atoms with Crippen LogP contribution < -0.4 is 10.5 Å². The van der Waals surface area contributed by atoms with E-state index >= 15 is 0 Å². The van der Waals surface area contributed by atoms with Crippen LogP contribution in [-0.2, 0) is 16.1 Å². The smallest absolute Gasteiger partial charge is 0.340 e. The molecule has 0 N–H and O–H groups in total. The van der Waals surface area contributed by atoms with Crippen LogP contribution in [0.2, 0.25) is 0 Å². The summed E-state index contributed by atoms with van der Waals surface area (Å²) in [6.45, 7) is 0.738. The zero-order valence-corrected chi connectivity index (χ0v) is 18.2. The van der Waals surface area contributed by atoms with Crippen molar-refractivity contribution in [2.24, 2.45) is 0 Å². The lowest BCUT2D eigenvalue weighted by molar-refractivity contribution is -0.117. The minimum absolute atomic E-state index is 0.0283. The van der Waals surface area contributed by atoms with Crippen molar-refractivity contribution in [2.75, 3.05) is 11.4 Å².